The van der Waals surface area contributed by atoms with Crippen molar-refractivity contribution < 1.29 is 9.59 Å². The molecule has 0 spiro atoms. The van der Waals surface area contributed by atoms with Crippen molar-refractivity contribution in [2.24, 2.45) is 5.73 Å². The molecule has 0 aliphatic rings. The van der Waals surface area contributed by atoms with E-state index in [-0.39, 0.29) is 5.91 Å². The Balaban J connectivity index is 2.26. The van der Waals surface area contributed by atoms with E-state index in [2.05, 4.69) is 5.32 Å². The molecule has 0 unspecified atom stereocenters. The van der Waals surface area contributed by atoms with Crippen molar-refractivity contribution >= 4 is 17.5 Å². The minimum Gasteiger partial charge on any atom is -0.366 e. The van der Waals surface area contributed by atoms with Crippen LogP contribution in [-0.4, -0.2) is 11.8 Å². The molecule has 0 aliphatic heterocycles. The molecule has 2 rings (SSSR count). The Labute approximate surface area is 111 Å². The van der Waals surface area contributed by atoms with Crippen molar-refractivity contribution in [3.8, 4) is 0 Å². The summed E-state index contributed by atoms with van der Waals surface area (Å²) in [7, 11) is 0. The number of nitrogens with two attached hydrogens (primary N) is 1. The van der Waals surface area contributed by atoms with Gasteiger partial charge in [-0.1, -0.05) is 24.3 Å². The Morgan fingerprint density at radius 3 is 2.32 bits per heavy atom. The summed E-state index contributed by atoms with van der Waals surface area (Å²) in [5, 5.41) is 2.78. The molecule has 0 saturated heterocycles. The third-order valence-corrected chi connectivity index (χ3v) is 2.81. The van der Waals surface area contributed by atoms with E-state index in [0.29, 0.717) is 16.8 Å². The normalized spacial score (nSPS) is 9.95. The average Bonchev–Trinajstić information content (AvgIpc) is 2.42. The quantitative estimate of drug-likeness (QED) is 0.882. The zero-order valence-corrected chi connectivity index (χ0v) is 10.5. The van der Waals surface area contributed by atoms with Crippen molar-refractivity contribution in [1.29, 1.82) is 0 Å². The number of carbonyl (C=O) groups is 2. The van der Waals surface area contributed by atoms with Crippen molar-refractivity contribution in [2.75, 3.05) is 5.32 Å². The van der Waals surface area contributed by atoms with Gasteiger partial charge < -0.3 is 11.1 Å². The molecule has 0 fully saturated rings. The van der Waals surface area contributed by atoms with E-state index in [4.69, 9.17) is 5.73 Å². The van der Waals surface area contributed by atoms with Gasteiger partial charge in [0.25, 0.3) is 5.91 Å². The molecule has 96 valence electrons. The third-order valence-electron chi connectivity index (χ3n) is 2.81. The molecule has 0 saturated carbocycles. The molecule has 0 aromatic heterocycles. The first-order chi connectivity index (χ1) is 9.08. The second-order valence-electron chi connectivity index (χ2n) is 4.21. The van der Waals surface area contributed by atoms with Crippen LogP contribution in [-0.2, 0) is 0 Å². The molecule has 4 nitrogen and oxygen atoms in total. The van der Waals surface area contributed by atoms with Gasteiger partial charge in [-0.25, -0.2) is 0 Å². The van der Waals surface area contributed by atoms with E-state index in [1.165, 1.54) is 0 Å². The number of anilines is 1. The van der Waals surface area contributed by atoms with Crippen LogP contribution in [0.15, 0.2) is 48.5 Å². The lowest BCUT2D eigenvalue weighted by molar-refractivity contribution is 0.0996. The summed E-state index contributed by atoms with van der Waals surface area (Å²) < 4.78 is 0. The van der Waals surface area contributed by atoms with E-state index >= 15 is 0 Å². The van der Waals surface area contributed by atoms with Gasteiger partial charge in [0, 0.05) is 16.8 Å². The highest BCUT2D eigenvalue weighted by Gasteiger charge is 2.09. The molecule has 4 heteroatoms. The second-order valence-corrected chi connectivity index (χ2v) is 4.21. The number of nitrogens with one attached hydrogen (secondary N) is 1. The maximum atomic E-state index is 12.0. The monoisotopic (exact) mass is 254 g/mol. The Morgan fingerprint density at radius 2 is 1.68 bits per heavy atom. The zero-order chi connectivity index (χ0) is 13.8. The second kappa shape index (κ2) is 5.35. The first kappa shape index (κ1) is 12.8. The molecular weight excluding hydrogens is 240 g/mol. The standard InChI is InChI=1S/C15H14N2O2/c1-10-7-8-12(14(16)18)9-13(10)17-15(19)11-5-3-2-4-6-11/h2-9H,1H3,(H2,16,18)(H,17,19). The highest BCUT2D eigenvalue weighted by atomic mass is 16.2. The van der Waals surface area contributed by atoms with E-state index < -0.39 is 5.91 Å². The van der Waals surface area contributed by atoms with Crippen LogP contribution in [0.4, 0.5) is 5.69 Å². The van der Waals surface area contributed by atoms with E-state index in [1.54, 1.807) is 42.5 Å². The Morgan fingerprint density at radius 1 is 1.00 bits per heavy atom. The van der Waals surface area contributed by atoms with Crippen LogP contribution in [0.3, 0.4) is 0 Å². The fourth-order valence-corrected chi connectivity index (χ4v) is 1.69. The largest absolute Gasteiger partial charge is 0.366 e. The number of amides is 2. The van der Waals surface area contributed by atoms with Gasteiger partial charge in [-0.2, -0.15) is 0 Å². The fourth-order valence-electron chi connectivity index (χ4n) is 1.69. The molecule has 3 N–H and O–H groups in total. The first-order valence-electron chi connectivity index (χ1n) is 5.85. The maximum Gasteiger partial charge on any atom is 0.255 e. The highest BCUT2D eigenvalue weighted by molar-refractivity contribution is 6.05. The molecule has 0 heterocycles. The van der Waals surface area contributed by atoms with E-state index in [9.17, 15) is 9.59 Å². The summed E-state index contributed by atoms with van der Waals surface area (Å²) in [6.07, 6.45) is 0. The number of primary amides is 1. The lowest BCUT2D eigenvalue weighted by Crippen LogP contribution is -2.15. The van der Waals surface area contributed by atoms with Gasteiger partial charge in [-0.3, -0.25) is 9.59 Å². The average molecular weight is 254 g/mol. The maximum absolute atomic E-state index is 12.0. The van der Waals surface area contributed by atoms with Crippen LogP contribution >= 0.6 is 0 Å². The Kier molecular flexibility index (Phi) is 3.61. The van der Waals surface area contributed by atoms with Gasteiger partial charge >= 0.3 is 0 Å². The number of aryl methyl sites for hydroxylation is 1. The number of carbonyl (C=O) groups excluding carboxylic acids is 2. The lowest BCUT2D eigenvalue weighted by Gasteiger charge is -2.09. The van der Waals surface area contributed by atoms with Crippen molar-refractivity contribution in [1.82, 2.24) is 0 Å². The van der Waals surface area contributed by atoms with Gasteiger partial charge in [0.05, 0.1) is 0 Å². The van der Waals surface area contributed by atoms with Gasteiger partial charge in [0.2, 0.25) is 5.91 Å². The summed E-state index contributed by atoms with van der Waals surface area (Å²) in [5.74, 6) is -0.736. The number of rotatable bonds is 3. The molecule has 0 atom stereocenters. The van der Waals surface area contributed by atoms with Crippen LogP contribution in [0.1, 0.15) is 26.3 Å². The molecule has 0 radical (unpaired) electrons. The molecule has 19 heavy (non-hydrogen) atoms. The number of benzene rings is 2. The summed E-state index contributed by atoms with van der Waals surface area (Å²) in [4.78, 5) is 23.1. The van der Waals surface area contributed by atoms with Crippen LogP contribution in [0.5, 0.6) is 0 Å². The summed E-state index contributed by atoms with van der Waals surface area (Å²) >= 11 is 0. The van der Waals surface area contributed by atoms with Crippen molar-refractivity contribution in [3.63, 3.8) is 0 Å². The minimum atomic E-state index is -0.518. The summed E-state index contributed by atoms with van der Waals surface area (Å²) in [6, 6.07) is 13.8. The zero-order valence-electron chi connectivity index (χ0n) is 10.5. The molecule has 2 aromatic rings. The fraction of sp³-hybridized carbons (Fsp3) is 0.0667. The Hall–Kier alpha value is -2.62. The molecular formula is C15H14N2O2. The molecule has 0 aliphatic carbocycles. The summed E-state index contributed by atoms with van der Waals surface area (Å²) in [6.45, 7) is 1.85. The van der Waals surface area contributed by atoms with Crippen LogP contribution in [0.25, 0.3) is 0 Å². The minimum absolute atomic E-state index is 0.217. The van der Waals surface area contributed by atoms with Gasteiger partial charge in [0.1, 0.15) is 0 Å². The molecule has 0 bridgehead atoms. The topological polar surface area (TPSA) is 72.2 Å². The predicted molar refractivity (Wildman–Crippen MR) is 74.1 cm³/mol. The van der Waals surface area contributed by atoms with Crippen LogP contribution < -0.4 is 11.1 Å². The van der Waals surface area contributed by atoms with E-state index in [0.717, 1.165) is 5.56 Å². The van der Waals surface area contributed by atoms with Crippen molar-refractivity contribution in [2.45, 2.75) is 6.92 Å². The van der Waals surface area contributed by atoms with Gasteiger partial charge in [0.15, 0.2) is 0 Å². The highest BCUT2D eigenvalue weighted by Crippen LogP contribution is 2.17. The van der Waals surface area contributed by atoms with E-state index in [1.807, 2.05) is 13.0 Å². The van der Waals surface area contributed by atoms with Gasteiger partial charge in [-0.05, 0) is 36.8 Å². The third kappa shape index (κ3) is 2.98. The lowest BCUT2D eigenvalue weighted by atomic mass is 10.1. The smallest absolute Gasteiger partial charge is 0.255 e. The van der Waals surface area contributed by atoms with Crippen molar-refractivity contribution in [3.05, 3.63) is 65.2 Å². The number of hydrogen-bond donors (Lipinski definition) is 2. The van der Waals surface area contributed by atoms with Crippen LogP contribution in [0.2, 0.25) is 0 Å². The summed E-state index contributed by atoms with van der Waals surface area (Å²) in [5.41, 5.74) is 7.61. The predicted octanol–water partition coefficient (Wildman–Crippen LogP) is 2.35. The molecule has 2 aromatic carbocycles. The van der Waals surface area contributed by atoms with Crippen LogP contribution in [0, 0.1) is 6.92 Å². The number of hydrogen-bond acceptors (Lipinski definition) is 2. The molecule has 2 amide bonds. The first-order valence-corrected chi connectivity index (χ1v) is 5.85. The SMILES string of the molecule is Cc1ccc(C(N)=O)cc1NC(=O)c1ccccc1. The van der Waals surface area contributed by atoms with Gasteiger partial charge in [-0.15, -0.1) is 0 Å². The Bertz CT molecular complexity index is 621.